The van der Waals surface area contributed by atoms with Crippen molar-refractivity contribution in [2.24, 2.45) is 10.1 Å². The van der Waals surface area contributed by atoms with E-state index in [1.54, 1.807) is 48.8 Å². The minimum Gasteiger partial charge on any atom is -0.502 e. The Balaban J connectivity index is 1.88. The van der Waals surface area contributed by atoms with Gasteiger partial charge < -0.3 is 5.11 Å². The number of nitrogens with zero attached hydrogens (tertiary/aromatic N) is 5. The van der Waals surface area contributed by atoms with E-state index in [9.17, 15) is 15.2 Å². The number of hydrogen-bond donors (Lipinski definition) is 2. The SMILES string of the molecule is O=[N+]([O-])c1cccc(/C=N/N/C(=N/c2ccccn2)c2ccccn2)c1O. The lowest BCUT2D eigenvalue weighted by molar-refractivity contribution is -0.385. The van der Waals surface area contributed by atoms with Crippen LogP contribution >= 0.6 is 0 Å². The molecule has 0 amide bonds. The number of nitro groups is 1. The van der Waals surface area contributed by atoms with E-state index in [1.807, 2.05) is 0 Å². The molecule has 0 saturated carbocycles. The zero-order chi connectivity index (χ0) is 19.1. The van der Waals surface area contributed by atoms with Gasteiger partial charge in [0, 0.05) is 24.0 Å². The highest BCUT2D eigenvalue weighted by atomic mass is 16.6. The van der Waals surface area contributed by atoms with E-state index in [2.05, 4.69) is 25.5 Å². The molecule has 0 atom stereocenters. The highest BCUT2D eigenvalue weighted by molar-refractivity contribution is 5.99. The summed E-state index contributed by atoms with van der Waals surface area (Å²) in [7, 11) is 0. The number of nitro benzene ring substituents is 1. The van der Waals surface area contributed by atoms with Crippen molar-refractivity contribution in [3.8, 4) is 5.75 Å². The monoisotopic (exact) mass is 362 g/mol. The quantitative estimate of drug-likeness (QED) is 0.311. The molecule has 9 heteroatoms. The minimum atomic E-state index is -0.665. The molecule has 1 aromatic carbocycles. The Kier molecular flexibility index (Phi) is 5.43. The second-order valence-electron chi connectivity index (χ2n) is 5.21. The summed E-state index contributed by atoms with van der Waals surface area (Å²) < 4.78 is 0. The maximum Gasteiger partial charge on any atom is 0.311 e. The van der Waals surface area contributed by atoms with Crippen LogP contribution in [-0.2, 0) is 0 Å². The van der Waals surface area contributed by atoms with Crippen LogP contribution in [0.5, 0.6) is 5.75 Å². The Labute approximate surface area is 153 Å². The first-order valence-electron chi connectivity index (χ1n) is 7.82. The second kappa shape index (κ2) is 8.30. The van der Waals surface area contributed by atoms with E-state index in [-0.39, 0.29) is 5.56 Å². The first-order valence-corrected chi connectivity index (χ1v) is 7.82. The Hall–Kier alpha value is -4.14. The number of aromatic nitrogens is 2. The maximum atomic E-state index is 10.9. The predicted molar refractivity (Wildman–Crippen MR) is 100 cm³/mol. The number of phenolic OH excluding ortho intramolecular Hbond substituents is 1. The molecular weight excluding hydrogens is 348 g/mol. The van der Waals surface area contributed by atoms with Crippen LogP contribution in [0.2, 0.25) is 0 Å². The van der Waals surface area contributed by atoms with Gasteiger partial charge >= 0.3 is 5.69 Å². The molecule has 0 fully saturated rings. The highest BCUT2D eigenvalue weighted by Crippen LogP contribution is 2.27. The normalized spacial score (nSPS) is 11.5. The lowest BCUT2D eigenvalue weighted by Gasteiger charge is -2.05. The largest absolute Gasteiger partial charge is 0.502 e. The molecule has 2 aromatic heterocycles. The van der Waals surface area contributed by atoms with Gasteiger partial charge in [0.25, 0.3) is 0 Å². The molecule has 134 valence electrons. The van der Waals surface area contributed by atoms with Gasteiger partial charge in [-0.05, 0) is 30.3 Å². The van der Waals surface area contributed by atoms with Crippen LogP contribution in [0.3, 0.4) is 0 Å². The van der Waals surface area contributed by atoms with E-state index in [0.29, 0.717) is 17.3 Å². The molecule has 0 unspecified atom stereocenters. The number of nitrogens with one attached hydrogen (secondary N) is 1. The van der Waals surface area contributed by atoms with Crippen molar-refractivity contribution in [3.05, 3.63) is 88.4 Å². The van der Waals surface area contributed by atoms with Crippen LogP contribution in [0.15, 0.2) is 77.1 Å². The fourth-order valence-electron chi connectivity index (χ4n) is 2.14. The zero-order valence-corrected chi connectivity index (χ0v) is 13.9. The summed E-state index contributed by atoms with van der Waals surface area (Å²) >= 11 is 0. The average molecular weight is 362 g/mol. The summed E-state index contributed by atoms with van der Waals surface area (Å²) in [6.07, 6.45) is 4.49. The van der Waals surface area contributed by atoms with Crippen molar-refractivity contribution in [1.82, 2.24) is 15.4 Å². The third-order valence-electron chi connectivity index (χ3n) is 3.40. The van der Waals surface area contributed by atoms with Crippen LogP contribution in [0, 0.1) is 10.1 Å². The van der Waals surface area contributed by atoms with Crippen LogP contribution in [0.1, 0.15) is 11.3 Å². The Morgan fingerprint density at radius 2 is 1.85 bits per heavy atom. The molecule has 0 spiro atoms. The maximum absolute atomic E-state index is 10.9. The van der Waals surface area contributed by atoms with E-state index >= 15 is 0 Å². The lowest BCUT2D eigenvalue weighted by Crippen LogP contribution is -2.20. The van der Waals surface area contributed by atoms with E-state index in [1.165, 1.54) is 24.4 Å². The fourth-order valence-corrected chi connectivity index (χ4v) is 2.14. The number of aromatic hydroxyl groups is 1. The third kappa shape index (κ3) is 4.48. The van der Waals surface area contributed by atoms with Crippen molar-refractivity contribution in [2.45, 2.75) is 0 Å². The van der Waals surface area contributed by atoms with Crippen LogP contribution in [0.25, 0.3) is 0 Å². The molecule has 0 aliphatic carbocycles. The molecule has 0 aliphatic rings. The second-order valence-corrected chi connectivity index (χ2v) is 5.21. The summed E-state index contributed by atoms with van der Waals surface area (Å²) in [5, 5.41) is 24.9. The van der Waals surface area contributed by atoms with Crippen molar-refractivity contribution in [1.29, 1.82) is 0 Å². The standard InChI is InChI=1S/C18H14N6O3/c25-17-13(6-5-8-15(17)24(26)27)12-21-23-18(14-7-1-3-10-19-14)22-16-9-2-4-11-20-16/h1-12,25H,(H,20,22,23)/b21-12+. The molecule has 27 heavy (non-hydrogen) atoms. The van der Waals surface area contributed by atoms with Gasteiger partial charge in [-0.1, -0.05) is 18.2 Å². The number of hydrazone groups is 1. The number of aliphatic imine (C=N–C) groups is 1. The molecule has 0 aliphatic heterocycles. The number of para-hydroxylation sites is 1. The molecule has 0 saturated heterocycles. The van der Waals surface area contributed by atoms with Crippen LogP contribution in [0.4, 0.5) is 11.5 Å². The van der Waals surface area contributed by atoms with Crippen LogP contribution in [-0.4, -0.2) is 32.0 Å². The van der Waals surface area contributed by atoms with E-state index < -0.39 is 16.4 Å². The summed E-state index contributed by atoms with van der Waals surface area (Å²) in [5.41, 5.74) is 3.07. The number of phenols is 1. The van der Waals surface area contributed by atoms with Gasteiger partial charge in [0.1, 0.15) is 5.69 Å². The number of amidine groups is 1. The Bertz CT molecular complexity index is 990. The van der Waals surface area contributed by atoms with Crippen molar-refractivity contribution in [3.63, 3.8) is 0 Å². The lowest BCUT2D eigenvalue weighted by atomic mass is 10.2. The molecule has 3 rings (SSSR count). The number of rotatable bonds is 5. The summed E-state index contributed by atoms with van der Waals surface area (Å²) in [5.74, 6) is 0.323. The number of hydrogen-bond acceptors (Lipinski definition) is 7. The van der Waals surface area contributed by atoms with Crippen molar-refractivity contribution >= 4 is 23.6 Å². The van der Waals surface area contributed by atoms with Crippen molar-refractivity contribution in [2.75, 3.05) is 0 Å². The van der Waals surface area contributed by atoms with Gasteiger partial charge in [0.05, 0.1) is 11.1 Å². The number of pyridine rings is 2. The Morgan fingerprint density at radius 3 is 2.52 bits per heavy atom. The average Bonchev–Trinajstić information content (AvgIpc) is 2.69. The Morgan fingerprint density at radius 1 is 1.07 bits per heavy atom. The fraction of sp³-hybridized carbons (Fsp3) is 0. The van der Waals surface area contributed by atoms with Crippen molar-refractivity contribution < 1.29 is 10.0 Å². The molecule has 0 bridgehead atoms. The summed E-state index contributed by atoms with van der Waals surface area (Å²) in [4.78, 5) is 23.0. The predicted octanol–water partition coefficient (Wildman–Crippen LogP) is 2.79. The summed E-state index contributed by atoms with van der Waals surface area (Å²) in [6.45, 7) is 0. The van der Waals surface area contributed by atoms with E-state index in [4.69, 9.17) is 0 Å². The minimum absolute atomic E-state index is 0.190. The van der Waals surface area contributed by atoms with Crippen LogP contribution < -0.4 is 5.43 Å². The molecule has 2 N–H and O–H groups in total. The smallest absolute Gasteiger partial charge is 0.311 e. The third-order valence-corrected chi connectivity index (χ3v) is 3.40. The summed E-state index contributed by atoms with van der Waals surface area (Å²) in [6, 6.07) is 14.8. The first-order chi connectivity index (χ1) is 13.1. The molecule has 2 heterocycles. The topological polar surface area (TPSA) is 126 Å². The first kappa shape index (κ1) is 17.7. The van der Waals surface area contributed by atoms with Gasteiger partial charge in [0.2, 0.25) is 5.75 Å². The van der Waals surface area contributed by atoms with Gasteiger partial charge in [-0.3, -0.25) is 20.5 Å². The van der Waals surface area contributed by atoms with E-state index in [0.717, 1.165) is 0 Å². The van der Waals surface area contributed by atoms with Gasteiger partial charge in [-0.2, -0.15) is 5.10 Å². The molecular formula is C18H14N6O3. The highest BCUT2D eigenvalue weighted by Gasteiger charge is 2.15. The molecule has 3 aromatic rings. The zero-order valence-electron chi connectivity index (χ0n) is 13.9. The molecule has 0 radical (unpaired) electrons. The van der Waals surface area contributed by atoms with Gasteiger partial charge in [-0.25, -0.2) is 9.98 Å². The number of benzene rings is 1. The van der Waals surface area contributed by atoms with Gasteiger partial charge in [0.15, 0.2) is 11.7 Å². The molecule has 9 nitrogen and oxygen atoms in total. The van der Waals surface area contributed by atoms with Gasteiger partial charge in [-0.15, -0.1) is 0 Å².